The monoisotopic (exact) mass is 243 g/mol. The molecule has 0 aromatic carbocycles. The van der Waals surface area contributed by atoms with E-state index in [1.165, 1.54) is 19.2 Å². The lowest BCUT2D eigenvalue weighted by atomic mass is 9.92. The number of furan rings is 1. The largest absolute Gasteiger partial charge is 0.454 e. The Hall–Kier alpha value is -2.27. The van der Waals surface area contributed by atoms with E-state index in [9.17, 15) is 14.7 Å². The summed E-state index contributed by atoms with van der Waals surface area (Å²) < 4.78 is 5.25. The number of carbonyl (C=O) groups is 2. The summed E-state index contributed by atoms with van der Waals surface area (Å²) in [5, 5.41) is 9.43. The number of hydrogen-bond acceptors (Lipinski definition) is 5. The fourth-order valence-corrected chi connectivity index (χ4v) is 1.98. The van der Waals surface area contributed by atoms with Gasteiger partial charge in [-0.25, -0.2) is 0 Å². The zero-order valence-corrected chi connectivity index (χ0v) is 9.51. The molecular weight excluding hydrogens is 234 g/mol. The van der Waals surface area contributed by atoms with Crippen LogP contribution in [0.4, 0.5) is 0 Å². The van der Waals surface area contributed by atoms with Crippen molar-refractivity contribution in [2.24, 2.45) is 0 Å². The third kappa shape index (κ3) is 1.34. The summed E-state index contributed by atoms with van der Waals surface area (Å²) in [6, 6.07) is 4.57. The lowest BCUT2D eigenvalue weighted by Crippen LogP contribution is -2.20. The van der Waals surface area contributed by atoms with Crippen LogP contribution in [0, 0.1) is 0 Å². The first-order valence-corrected chi connectivity index (χ1v) is 5.46. The van der Waals surface area contributed by atoms with Crippen molar-refractivity contribution in [1.82, 2.24) is 4.98 Å². The van der Waals surface area contributed by atoms with Gasteiger partial charge in [0.15, 0.2) is 11.5 Å². The second kappa shape index (κ2) is 3.61. The molecule has 2 aromatic rings. The number of rotatable bonds is 1. The molecule has 0 aliphatic heterocycles. The first kappa shape index (κ1) is 10.9. The van der Waals surface area contributed by atoms with Gasteiger partial charge in [-0.15, -0.1) is 0 Å². The smallest absolute Gasteiger partial charge is 0.248 e. The van der Waals surface area contributed by atoms with E-state index < -0.39 is 11.9 Å². The molecule has 5 nitrogen and oxygen atoms in total. The predicted octanol–water partition coefficient (Wildman–Crippen LogP) is 1.50. The Morgan fingerprint density at radius 3 is 2.78 bits per heavy atom. The number of pyridine rings is 1. The number of carbonyl (C=O) groups excluding carboxylic acids is 2. The van der Waals surface area contributed by atoms with Crippen LogP contribution in [-0.4, -0.2) is 21.7 Å². The zero-order valence-electron chi connectivity index (χ0n) is 9.51. The molecule has 0 fully saturated rings. The normalized spacial score (nSPS) is 15.2. The first-order valence-electron chi connectivity index (χ1n) is 5.46. The maximum atomic E-state index is 12.2. The van der Waals surface area contributed by atoms with Crippen molar-refractivity contribution in [3.8, 4) is 0 Å². The number of fused-ring (bicyclic) bond motifs is 2. The van der Waals surface area contributed by atoms with Crippen LogP contribution in [-0.2, 0) is 0 Å². The minimum absolute atomic E-state index is 0.0397. The lowest BCUT2D eigenvalue weighted by Gasteiger charge is -2.10. The van der Waals surface area contributed by atoms with Crippen molar-refractivity contribution in [3.63, 3.8) is 0 Å². The quantitative estimate of drug-likeness (QED) is 0.700. The molecule has 5 heteroatoms. The molecule has 1 unspecified atom stereocenters. The van der Waals surface area contributed by atoms with Gasteiger partial charge in [0.1, 0.15) is 17.6 Å². The molecule has 1 atom stereocenters. The Kier molecular flexibility index (Phi) is 2.18. The Labute approximate surface area is 102 Å². The summed E-state index contributed by atoms with van der Waals surface area (Å²) >= 11 is 0. The van der Waals surface area contributed by atoms with Crippen molar-refractivity contribution in [1.29, 1.82) is 0 Å². The minimum Gasteiger partial charge on any atom is -0.454 e. The molecule has 3 rings (SSSR count). The van der Waals surface area contributed by atoms with E-state index in [1.807, 2.05) is 0 Å². The molecule has 18 heavy (non-hydrogen) atoms. The summed E-state index contributed by atoms with van der Waals surface area (Å²) in [7, 11) is 0. The van der Waals surface area contributed by atoms with Crippen LogP contribution in [0.15, 0.2) is 28.8 Å². The molecule has 0 saturated carbocycles. The highest BCUT2D eigenvalue weighted by molar-refractivity contribution is 6.26. The van der Waals surface area contributed by atoms with Crippen molar-refractivity contribution in [3.05, 3.63) is 52.7 Å². The SMILES string of the molecule is CC(O)c1cc2c(o1)C(=O)c1ncccc1C2=O. The van der Waals surface area contributed by atoms with Crippen LogP contribution < -0.4 is 0 Å². The maximum Gasteiger partial charge on any atom is 0.248 e. The highest BCUT2D eigenvalue weighted by Crippen LogP contribution is 2.30. The van der Waals surface area contributed by atoms with Crippen LogP contribution in [0.5, 0.6) is 0 Å². The molecule has 1 aliphatic carbocycles. The Balaban J connectivity index is 2.24. The van der Waals surface area contributed by atoms with Gasteiger partial charge in [0, 0.05) is 6.20 Å². The molecule has 0 bridgehead atoms. The van der Waals surface area contributed by atoms with Gasteiger partial charge in [0.25, 0.3) is 0 Å². The van der Waals surface area contributed by atoms with E-state index in [0.29, 0.717) is 0 Å². The predicted molar refractivity (Wildman–Crippen MR) is 60.4 cm³/mol. The molecular formula is C13H9NO4. The molecule has 0 amide bonds. The zero-order chi connectivity index (χ0) is 12.9. The molecule has 1 N–H and O–H groups in total. The maximum absolute atomic E-state index is 12.2. The van der Waals surface area contributed by atoms with Gasteiger partial charge in [0.05, 0.1) is 11.1 Å². The van der Waals surface area contributed by atoms with E-state index in [2.05, 4.69) is 4.98 Å². The van der Waals surface area contributed by atoms with Crippen molar-refractivity contribution in [2.45, 2.75) is 13.0 Å². The summed E-state index contributed by atoms with van der Waals surface area (Å²) in [5.74, 6) is -0.563. The van der Waals surface area contributed by atoms with Crippen LogP contribution in [0.2, 0.25) is 0 Å². The third-order valence-electron chi connectivity index (χ3n) is 2.88. The second-order valence-electron chi connectivity index (χ2n) is 4.13. The third-order valence-corrected chi connectivity index (χ3v) is 2.88. The number of hydrogen-bond donors (Lipinski definition) is 1. The van der Waals surface area contributed by atoms with Gasteiger partial charge in [-0.3, -0.25) is 14.6 Å². The van der Waals surface area contributed by atoms with Crippen LogP contribution in [0.3, 0.4) is 0 Å². The summed E-state index contributed by atoms with van der Waals surface area (Å²) in [6.45, 7) is 1.50. The molecule has 90 valence electrons. The fraction of sp³-hybridized carbons (Fsp3) is 0.154. The highest BCUT2D eigenvalue weighted by atomic mass is 16.4. The molecule has 2 heterocycles. The summed E-state index contributed by atoms with van der Waals surface area (Å²) in [5.41, 5.74) is 0.561. The van der Waals surface area contributed by atoms with Crippen molar-refractivity contribution in [2.75, 3.05) is 0 Å². The number of aromatic nitrogens is 1. The number of nitrogens with zero attached hydrogens (tertiary/aromatic N) is 1. The Bertz CT molecular complexity index is 617. The minimum atomic E-state index is -0.868. The standard InChI is InChI=1S/C13H9NO4/c1-6(15)9-5-8-11(16)7-3-2-4-14-10(7)12(17)13(8)18-9/h2-6,15H,1H3. The van der Waals surface area contributed by atoms with Crippen LogP contribution in [0.1, 0.15) is 51.0 Å². The van der Waals surface area contributed by atoms with Crippen LogP contribution >= 0.6 is 0 Å². The van der Waals surface area contributed by atoms with Crippen LogP contribution in [0.25, 0.3) is 0 Å². The number of aliphatic hydroxyl groups is 1. The van der Waals surface area contributed by atoms with E-state index >= 15 is 0 Å². The fourth-order valence-electron chi connectivity index (χ4n) is 1.98. The van der Waals surface area contributed by atoms with E-state index in [4.69, 9.17) is 4.42 Å². The summed E-state index contributed by atoms with van der Waals surface area (Å²) in [6.07, 6.45) is 0.584. The van der Waals surface area contributed by atoms with E-state index in [-0.39, 0.29) is 34.1 Å². The topological polar surface area (TPSA) is 80.4 Å². The van der Waals surface area contributed by atoms with Crippen molar-refractivity contribution < 1.29 is 19.1 Å². The van der Waals surface area contributed by atoms with Gasteiger partial charge < -0.3 is 9.52 Å². The summed E-state index contributed by atoms with van der Waals surface area (Å²) in [4.78, 5) is 28.2. The average Bonchev–Trinajstić information content (AvgIpc) is 2.81. The van der Waals surface area contributed by atoms with E-state index in [1.54, 1.807) is 12.1 Å². The molecule has 0 spiro atoms. The number of ketones is 2. The van der Waals surface area contributed by atoms with E-state index in [0.717, 1.165) is 0 Å². The van der Waals surface area contributed by atoms with Gasteiger partial charge >= 0.3 is 0 Å². The molecule has 0 saturated heterocycles. The first-order chi connectivity index (χ1) is 8.59. The highest BCUT2D eigenvalue weighted by Gasteiger charge is 2.34. The number of aliphatic hydroxyl groups excluding tert-OH is 1. The molecule has 2 aromatic heterocycles. The van der Waals surface area contributed by atoms with Crippen molar-refractivity contribution >= 4 is 11.6 Å². The van der Waals surface area contributed by atoms with Gasteiger partial charge in [-0.05, 0) is 25.1 Å². The molecule has 1 aliphatic rings. The second-order valence-corrected chi connectivity index (χ2v) is 4.13. The Morgan fingerprint density at radius 2 is 2.06 bits per heavy atom. The molecule has 0 radical (unpaired) electrons. The van der Waals surface area contributed by atoms with Gasteiger partial charge in [-0.1, -0.05) is 0 Å². The van der Waals surface area contributed by atoms with Gasteiger partial charge in [-0.2, -0.15) is 0 Å². The average molecular weight is 243 g/mol. The van der Waals surface area contributed by atoms with Gasteiger partial charge in [0.2, 0.25) is 5.78 Å². The lowest BCUT2D eigenvalue weighted by molar-refractivity contribution is 0.0949. The Morgan fingerprint density at radius 1 is 1.28 bits per heavy atom.